The fraction of sp³-hybridized carbons (Fsp3) is 0.200. The number of carbonyl (C=O) groups is 3. The van der Waals surface area contributed by atoms with Crippen molar-refractivity contribution in [3.8, 4) is 0 Å². The van der Waals surface area contributed by atoms with Crippen LogP contribution in [0, 0.1) is 12.7 Å². The van der Waals surface area contributed by atoms with E-state index in [-0.39, 0.29) is 29.3 Å². The van der Waals surface area contributed by atoms with Gasteiger partial charge in [0.1, 0.15) is 23.5 Å². The second kappa shape index (κ2) is 12.1. The third-order valence-electron chi connectivity index (χ3n) is 5.32. The Morgan fingerprint density at radius 1 is 1.03 bits per heavy atom. The van der Waals surface area contributed by atoms with Crippen LogP contribution < -0.4 is 16.4 Å². The zero-order valence-corrected chi connectivity index (χ0v) is 20.5. The largest absolute Gasteiger partial charge is 0.493 e. The Balaban J connectivity index is 1.60. The van der Waals surface area contributed by atoms with Crippen LogP contribution >= 0.6 is 0 Å². The third-order valence-corrected chi connectivity index (χ3v) is 5.32. The number of halogens is 4. The van der Waals surface area contributed by atoms with Crippen LogP contribution in [0.15, 0.2) is 60.0 Å². The highest BCUT2D eigenvalue weighted by molar-refractivity contribution is 5.98. The number of amides is 2. The minimum Gasteiger partial charge on any atom is -0.380 e. The maximum atomic E-state index is 13.4. The summed E-state index contributed by atoms with van der Waals surface area (Å²) in [4.78, 5) is 47.5. The number of nitrogens with one attached hydrogen (secondary N) is 2. The Morgan fingerprint density at radius 3 is 2.28 bits per heavy atom. The highest BCUT2D eigenvalue weighted by Crippen LogP contribution is 2.17. The van der Waals surface area contributed by atoms with Gasteiger partial charge >= 0.3 is 12.1 Å². The Morgan fingerprint density at radius 2 is 1.67 bits per heavy atom. The van der Waals surface area contributed by atoms with Gasteiger partial charge in [-0.05, 0) is 36.6 Å². The molecule has 0 fully saturated rings. The molecule has 0 saturated heterocycles. The lowest BCUT2D eigenvalue weighted by atomic mass is 10.1. The van der Waals surface area contributed by atoms with Crippen molar-refractivity contribution in [3.63, 3.8) is 0 Å². The molecule has 1 aromatic heterocycles. The SMILES string of the molecule is Cc1cc(CNC(=O)c2cc(C(=O)N[C@@H](C)c3ccc(/C(N)=N/OC(=O)C(F)(F)F)cc3)ncn2)ccc1F. The molecular formula is C25H22F4N6O4. The Labute approximate surface area is 219 Å². The Kier molecular flexibility index (Phi) is 8.91. The number of benzene rings is 2. The third kappa shape index (κ3) is 7.80. The maximum absolute atomic E-state index is 13.4. The number of hydrogen-bond donors (Lipinski definition) is 3. The second-order valence-electron chi connectivity index (χ2n) is 8.22. The van der Waals surface area contributed by atoms with Crippen molar-refractivity contribution < 1.29 is 36.8 Å². The zero-order valence-electron chi connectivity index (χ0n) is 20.5. The lowest BCUT2D eigenvalue weighted by Crippen LogP contribution is -2.29. The molecule has 0 unspecified atom stereocenters. The first kappa shape index (κ1) is 28.7. The van der Waals surface area contributed by atoms with E-state index in [1.54, 1.807) is 26.0 Å². The van der Waals surface area contributed by atoms with Crippen molar-refractivity contribution >= 4 is 23.6 Å². The van der Waals surface area contributed by atoms with E-state index >= 15 is 0 Å². The van der Waals surface area contributed by atoms with Crippen molar-refractivity contribution in [3.05, 3.63) is 94.3 Å². The molecule has 0 aliphatic carbocycles. The van der Waals surface area contributed by atoms with E-state index in [4.69, 9.17) is 5.73 Å². The first-order valence-electron chi connectivity index (χ1n) is 11.2. The summed E-state index contributed by atoms with van der Waals surface area (Å²) in [5.74, 6) is -4.48. The van der Waals surface area contributed by atoms with Crippen LogP contribution in [0.3, 0.4) is 0 Å². The van der Waals surface area contributed by atoms with E-state index in [0.717, 1.165) is 6.33 Å². The highest BCUT2D eigenvalue weighted by atomic mass is 19.4. The summed E-state index contributed by atoms with van der Waals surface area (Å²) in [7, 11) is 0. The molecule has 1 heterocycles. The number of alkyl halides is 3. The number of carbonyl (C=O) groups excluding carboxylic acids is 3. The molecule has 10 nitrogen and oxygen atoms in total. The molecule has 0 saturated carbocycles. The minimum atomic E-state index is -5.21. The molecule has 0 aliphatic heterocycles. The van der Waals surface area contributed by atoms with Crippen molar-refractivity contribution in [2.24, 2.45) is 10.9 Å². The number of amidine groups is 1. The molecule has 2 amide bonds. The van der Waals surface area contributed by atoms with Crippen LogP contribution in [0.2, 0.25) is 0 Å². The molecule has 4 N–H and O–H groups in total. The molecule has 14 heteroatoms. The van der Waals surface area contributed by atoms with Gasteiger partial charge in [-0.15, -0.1) is 0 Å². The van der Waals surface area contributed by atoms with Crippen molar-refractivity contribution in [1.29, 1.82) is 0 Å². The normalized spacial score (nSPS) is 12.4. The summed E-state index contributed by atoms with van der Waals surface area (Å²) >= 11 is 0. The molecule has 0 radical (unpaired) electrons. The molecule has 3 aromatic rings. The smallest absolute Gasteiger partial charge is 0.380 e. The number of aryl methyl sites for hydroxylation is 1. The highest BCUT2D eigenvalue weighted by Gasteiger charge is 2.41. The van der Waals surface area contributed by atoms with E-state index in [2.05, 4.69) is 30.6 Å². The van der Waals surface area contributed by atoms with Crippen molar-refractivity contribution in [1.82, 2.24) is 20.6 Å². The summed E-state index contributed by atoms with van der Waals surface area (Å²) in [5.41, 5.74) is 7.32. The monoisotopic (exact) mass is 546 g/mol. The summed E-state index contributed by atoms with van der Waals surface area (Å²) in [6.07, 6.45) is -4.14. The lowest BCUT2D eigenvalue weighted by Gasteiger charge is -2.15. The predicted molar refractivity (Wildman–Crippen MR) is 130 cm³/mol. The number of nitrogens with zero attached hydrogens (tertiary/aromatic N) is 3. The molecule has 1 atom stereocenters. The van der Waals surface area contributed by atoms with Crippen LogP contribution in [-0.4, -0.2) is 39.8 Å². The van der Waals surface area contributed by atoms with Crippen LogP contribution in [0.4, 0.5) is 17.6 Å². The first-order valence-corrected chi connectivity index (χ1v) is 11.2. The topological polar surface area (TPSA) is 149 Å². The van der Waals surface area contributed by atoms with E-state index in [1.165, 1.54) is 36.4 Å². The quantitative estimate of drug-likeness (QED) is 0.129. The Hall–Kier alpha value is -4.88. The maximum Gasteiger partial charge on any atom is 0.493 e. The van der Waals surface area contributed by atoms with Gasteiger partial charge in [0.2, 0.25) is 0 Å². The number of hydrogen-bond acceptors (Lipinski definition) is 7. The van der Waals surface area contributed by atoms with Gasteiger partial charge in [0.15, 0.2) is 5.84 Å². The van der Waals surface area contributed by atoms with Gasteiger partial charge in [-0.1, -0.05) is 41.6 Å². The summed E-state index contributed by atoms with van der Waals surface area (Å²) in [5, 5.41) is 8.32. The van der Waals surface area contributed by atoms with Crippen molar-refractivity contribution in [2.45, 2.75) is 32.6 Å². The predicted octanol–water partition coefficient (Wildman–Crippen LogP) is 3.07. The van der Waals surface area contributed by atoms with Crippen LogP contribution in [0.25, 0.3) is 0 Å². The van der Waals surface area contributed by atoms with E-state index < -0.39 is 35.8 Å². The van der Waals surface area contributed by atoms with Crippen LogP contribution in [-0.2, 0) is 16.2 Å². The second-order valence-corrected chi connectivity index (χ2v) is 8.22. The van der Waals surface area contributed by atoms with E-state index in [1.807, 2.05) is 0 Å². The number of aromatic nitrogens is 2. The van der Waals surface area contributed by atoms with Gasteiger partial charge in [-0.25, -0.2) is 19.2 Å². The molecule has 0 aliphatic rings. The van der Waals surface area contributed by atoms with Crippen LogP contribution in [0.1, 0.15) is 56.2 Å². The van der Waals surface area contributed by atoms with Gasteiger partial charge in [0, 0.05) is 18.2 Å². The molecule has 0 bridgehead atoms. The van der Waals surface area contributed by atoms with Crippen molar-refractivity contribution in [2.75, 3.05) is 0 Å². The van der Waals surface area contributed by atoms with Gasteiger partial charge in [-0.2, -0.15) is 13.2 Å². The number of rotatable bonds is 8. The standard InChI is InChI=1S/C25H22F4N6O4/c1-13-9-15(3-8-18(13)26)11-31-22(36)19-10-20(33-12-32-19)23(37)34-14(2)16-4-6-17(7-5-16)21(30)35-39-24(38)25(27,28)29/h3-10,12,14H,11H2,1-2H3,(H2,30,35)(H,31,36)(H,34,37)/t14-/m0/s1. The molecule has 204 valence electrons. The fourth-order valence-electron chi connectivity index (χ4n) is 3.19. The fourth-order valence-corrected chi connectivity index (χ4v) is 3.19. The molecule has 3 rings (SSSR count). The van der Waals surface area contributed by atoms with Gasteiger partial charge in [0.05, 0.1) is 6.04 Å². The zero-order chi connectivity index (χ0) is 28.7. The lowest BCUT2D eigenvalue weighted by molar-refractivity contribution is -0.199. The number of oxime groups is 1. The first-order chi connectivity index (χ1) is 18.3. The number of nitrogens with two attached hydrogens (primary N) is 1. The van der Waals surface area contributed by atoms with Crippen LogP contribution in [0.5, 0.6) is 0 Å². The summed E-state index contributed by atoms with van der Waals surface area (Å²) in [6.45, 7) is 3.39. The average Bonchev–Trinajstić information content (AvgIpc) is 2.91. The molecular weight excluding hydrogens is 524 g/mol. The summed E-state index contributed by atoms with van der Waals surface area (Å²) in [6, 6.07) is 11.0. The van der Waals surface area contributed by atoms with E-state index in [0.29, 0.717) is 16.7 Å². The summed E-state index contributed by atoms with van der Waals surface area (Å²) < 4.78 is 50.0. The minimum absolute atomic E-state index is 0.0491. The molecule has 39 heavy (non-hydrogen) atoms. The van der Waals surface area contributed by atoms with Gasteiger partial charge in [-0.3, -0.25) is 9.59 Å². The van der Waals surface area contributed by atoms with E-state index in [9.17, 15) is 31.9 Å². The molecule has 2 aromatic carbocycles. The van der Waals surface area contributed by atoms with Gasteiger partial charge < -0.3 is 21.2 Å². The van der Waals surface area contributed by atoms with Gasteiger partial charge in [0.25, 0.3) is 11.8 Å². The molecule has 0 spiro atoms. The Bertz CT molecular complexity index is 1410. The average molecular weight is 546 g/mol.